The Bertz CT molecular complexity index is 1510. The number of hydrogen-bond donors (Lipinski definition) is 1. The third-order valence-corrected chi connectivity index (χ3v) is 7.05. The van der Waals surface area contributed by atoms with Crippen LogP contribution < -0.4 is 24.3 Å². The van der Waals surface area contributed by atoms with E-state index in [0.29, 0.717) is 64.3 Å². The van der Waals surface area contributed by atoms with Crippen LogP contribution in [-0.2, 0) is 11.3 Å². The van der Waals surface area contributed by atoms with Crippen LogP contribution in [-0.4, -0.2) is 55.4 Å². The van der Waals surface area contributed by atoms with Crippen molar-refractivity contribution in [1.82, 2.24) is 15.0 Å². The molecule has 1 aliphatic heterocycles. The van der Waals surface area contributed by atoms with Gasteiger partial charge in [-0.05, 0) is 67.9 Å². The summed E-state index contributed by atoms with van der Waals surface area (Å²) in [6, 6.07) is 17.8. The van der Waals surface area contributed by atoms with Crippen LogP contribution in [0, 0.1) is 5.92 Å². The summed E-state index contributed by atoms with van der Waals surface area (Å²) < 4.78 is 27.5. The first-order valence-corrected chi connectivity index (χ1v) is 13.5. The van der Waals surface area contributed by atoms with Crippen molar-refractivity contribution in [3.05, 3.63) is 71.6 Å². The molecule has 2 heterocycles. The van der Waals surface area contributed by atoms with Crippen molar-refractivity contribution < 1.29 is 28.3 Å². The monoisotopic (exact) mass is 578 g/mol. The molecular formula is C30H31ClN4O6. The Balaban J connectivity index is 1.23. The van der Waals surface area contributed by atoms with E-state index in [0.717, 1.165) is 24.9 Å². The fourth-order valence-corrected chi connectivity index (χ4v) is 4.90. The lowest BCUT2D eigenvalue weighted by molar-refractivity contribution is -0.121. The van der Waals surface area contributed by atoms with E-state index in [1.807, 2.05) is 24.3 Å². The molecule has 1 amide bonds. The highest BCUT2D eigenvalue weighted by Gasteiger charge is 2.28. The van der Waals surface area contributed by atoms with Gasteiger partial charge < -0.3 is 28.8 Å². The Hall–Kier alpha value is -4.28. The standard InChI is InChI=1S/C30H31ClN4O6/c1-37-22-7-4-8-23(16-22)40-25-12-10-21(31)15-24(25)32-30(36)20-6-5-13-35(17-20)18-28-33-29(34-41-28)19-9-11-26(38-2)27(14-19)39-3/h4,7-12,14-16,20H,5-6,13,17-18H2,1-3H3,(H,32,36). The van der Waals surface area contributed by atoms with Gasteiger partial charge in [-0.1, -0.05) is 22.8 Å². The summed E-state index contributed by atoms with van der Waals surface area (Å²) in [6.07, 6.45) is 1.62. The summed E-state index contributed by atoms with van der Waals surface area (Å²) in [5.74, 6) is 3.52. The fraction of sp³-hybridized carbons (Fsp3) is 0.300. The Labute approximate surface area is 243 Å². The summed E-state index contributed by atoms with van der Waals surface area (Å²) in [6.45, 7) is 1.80. The van der Waals surface area contributed by atoms with E-state index >= 15 is 0 Å². The molecule has 10 nitrogen and oxygen atoms in total. The SMILES string of the molecule is COc1cccc(Oc2ccc(Cl)cc2NC(=O)C2CCCN(Cc3nc(-c4ccc(OC)c(OC)c4)no3)C2)c1. The third kappa shape index (κ3) is 6.90. The number of aromatic nitrogens is 2. The van der Waals surface area contributed by atoms with Crippen LogP contribution in [0.5, 0.6) is 28.7 Å². The normalized spacial score (nSPS) is 15.3. The number of anilines is 1. The van der Waals surface area contributed by atoms with E-state index in [1.54, 1.807) is 57.7 Å². The Morgan fingerprint density at radius 3 is 2.61 bits per heavy atom. The molecule has 1 atom stereocenters. The molecule has 41 heavy (non-hydrogen) atoms. The fourth-order valence-electron chi connectivity index (χ4n) is 4.73. The van der Waals surface area contributed by atoms with Crippen LogP contribution in [0.15, 0.2) is 65.2 Å². The van der Waals surface area contributed by atoms with Crippen LogP contribution >= 0.6 is 11.6 Å². The van der Waals surface area contributed by atoms with Gasteiger partial charge in [-0.3, -0.25) is 9.69 Å². The summed E-state index contributed by atoms with van der Waals surface area (Å²) >= 11 is 6.26. The second kappa shape index (κ2) is 12.9. The van der Waals surface area contributed by atoms with E-state index < -0.39 is 0 Å². The van der Waals surface area contributed by atoms with Crippen molar-refractivity contribution in [2.75, 3.05) is 39.7 Å². The van der Waals surface area contributed by atoms with E-state index in [1.165, 1.54) is 0 Å². The minimum absolute atomic E-state index is 0.107. The molecule has 214 valence electrons. The van der Waals surface area contributed by atoms with E-state index in [4.69, 9.17) is 35.1 Å². The number of carbonyl (C=O) groups is 1. The van der Waals surface area contributed by atoms with Gasteiger partial charge in [0.15, 0.2) is 17.2 Å². The first-order chi connectivity index (χ1) is 19.9. The molecule has 0 bridgehead atoms. The van der Waals surface area contributed by atoms with E-state index in [2.05, 4.69) is 20.4 Å². The average molecular weight is 579 g/mol. The largest absolute Gasteiger partial charge is 0.497 e. The molecular weight excluding hydrogens is 548 g/mol. The summed E-state index contributed by atoms with van der Waals surface area (Å²) in [7, 11) is 4.75. The van der Waals surface area contributed by atoms with Crippen LogP contribution in [0.25, 0.3) is 11.4 Å². The lowest BCUT2D eigenvalue weighted by Gasteiger charge is -2.31. The van der Waals surface area contributed by atoms with Gasteiger partial charge in [0.2, 0.25) is 17.6 Å². The zero-order valence-electron chi connectivity index (χ0n) is 23.1. The number of carbonyl (C=O) groups excluding carboxylic acids is 1. The molecule has 3 aromatic carbocycles. The highest BCUT2D eigenvalue weighted by atomic mass is 35.5. The van der Waals surface area contributed by atoms with E-state index in [9.17, 15) is 4.79 Å². The van der Waals surface area contributed by atoms with Gasteiger partial charge in [-0.15, -0.1) is 0 Å². The van der Waals surface area contributed by atoms with Crippen LogP contribution in [0.1, 0.15) is 18.7 Å². The molecule has 1 fully saturated rings. The predicted octanol–water partition coefficient (Wildman–Crippen LogP) is 6.06. The Morgan fingerprint density at radius 1 is 1.00 bits per heavy atom. The molecule has 0 radical (unpaired) electrons. The number of benzene rings is 3. The second-order valence-corrected chi connectivity index (χ2v) is 10.0. The van der Waals surface area contributed by atoms with Crippen molar-refractivity contribution >= 4 is 23.2 Å². The third-order valence-electron chi connectivity index (χ3n) is 6.81. The zero-order valence-corrected chi connectivity index (χ0v) is 23.8. The number of amides is 1. The molecule has 11 heteroatoms. The number of hydrogen-bond acceptors (Lipinski definition) is 9. The predicted molar refractivity (Wildman–Crippen MR) is 154 cm³/mol. The first-order valence-electron chi connectivity index (χ1n) is 13.2. The lowest BCUT2D eigenvalue weighted by atomic mass is 9.97. The van der Waals surface area contributed by atoms with Gasteiger partial charge in [-0.25, -0.2) is 0 Å². The summed E-state index contributed by atoms with van der Waals surface area (Å²) in [5.41, 5.74) is 1.25. The highest BCUT2D eigenvalue weighted by molar-refractivity contribution is 6.31. The number of ether oxygens (including phenoxy) is 4. The van der Waals surface area contributed by atoms with Gasteiger partial charge in [0, 0.05) is 23.2 Å². The molecule has 5 rings (SSSR count). The highest BCUT2D eigenvalue weighted by Crippen LogP contribution is 2.34. The number of nitrogens with one attached hydrogen (secondary N) is 1. The van der Waals surface area contributed by atoms with Gasteiger partial charge in [-0.2, -0.15) is 4.98 Å². The van der Waals surface area contributed by atoms with Gasteiger partial charge in [0.25, 0.3) is 0 Å². The number of likely N-dealkylation sites (tertiary alicyclic amines) is 1. The zero-order chi connectivity index (χ0) is 28.8. The summed E-state index contributed by atoms with van der Waals surface area (Å²) in [4.78, 5) is 20.1. The van der Waals surface area contributed by atoms with Crippen molar-refractivity contribution in [1.29, 1.82) is 0 Å². The molecule has 0 aliphatic carbocycles. The molecule has 0 saturated carbocycles. The first kappa shape index (κ1) is 28.3. The summed E-state index contributed by atoms with van der Waals surface area (Å²) in [5, 5.41) is 7.64. The van der Waals surface area contributed by atoms with Crippen molar-refractivity contribution in [3.63, 3.8) is 0 Å². The number of piperidine rings is 1. The van der Waals surface area contributed by atoms with Gasteiger partial charge in [0.1, 0.15) is 11.5 Å². The quantitative estimate of drug-likeness (QED) is 0.240. The molecule has 0 spiro atoms. The van der Waals surface area contributed by atoms with Crippen molar-refractivity contribution in [3.8, 4) is 40.1 Å². The number of halogens is 1. The molecule has 1 aromatic heterocycles. The van der Waals surface area contributed by atoms with Gasteiger partial charge >= 0.3 is 0 Å². The van der Waals surface area contributed by atoms with Gasteiger partial charge in [0.05, 0.1) is 39.5 Å². The van der Waals surface area contributed by atoms with Crippen LogP contribution in [0.4, 0.5) is 5.69 Å². The maximum Gasteiger partial charge on any atom is 0.241 e. The number of rotatable bonds is 10. The molecule has 1 saturated heterocycles. The molecule has 1 N–H and O–H groups in total. The minimum Gasteiger partial charge on any atom is -0.497 e. The smallest absolute Gasteiger partial charge is 0.241 e. The number of methoxy groups -OCH3 is 3. The van der Waals surface area contributed by atoms with Crippen LogP contribution in [0.3, 0.4) is 0 Å². The maximum atomic E-state index is 13.4. The van der Waals surface area contributed by atoms with Crippen molar-refractivity contribution in [2.24, 2.45) is 5.92 Å². The molecule has 1 aliphatic rings. The minimum atomic E-state index is -0.236. The maximum absolute atomic E-state index is 13.4. The van der Waals surface area contributed by atoms with Crippen LogP contribution in [0.2, 0.25) is 5.02 Å². The molecule has 1 unspecified atom stereocenters. The van der Waals surface area contributed by atoms with E-state index in [-0.39, 0.29) is 11.8 Å². The molecule has 4 aromatic rings. The average Bonchev–Trinajstić information content (AvgIpc) is 3.46. The Kier molecular flexibility index (Phi) is 8.91. The van der Waals surface area contributed by atoms with Crippen molar-refractivity contribution in [2.45, 2.75) is 19.4 Å². The topological polar surface area (TPSA) is 108 Å². The number of nitrogens with zero attached hydrogens (tertiary/aromatic N) is 3. The lowest BCUT2D eigenvalue weighted by Crippen LogP contribution is -2.40. The Morgan fingerprint density at radius 2 is 1.80 bits per heavy atom. The second-order valence-electron chi connectivity index (χ2n) is 9.57.